The summed E-state index contributed by atoms with van der Waals surface area (Å²) in [5.41, 5.74) is 1.04. The van der Waals surface area contributed by atoms with Crippen LogP contribution in [0.1, 0.15) is 5.56 Å². The first-order valence-corrected chi connectivity index (χ1v) is 7.59. The van der Waals surface area contributed by atoms with Crippen molar-refractivity contribution in [3.05, 3.63) is 54.1 Å². The van der Waals surface area contributed by atoms with Gasteiger partial charge in [0.15, 0.2) is 0 Å². The van der Waals surface area contributed by atoms with E-state index in [0.717, 1.165) is 17.7 Å². The number of nitrogens with one attached hydrogen (secondary N) is 1. The topological polar surface area (TPSA) is 55.4 Å². The highest BCUT2D eigenvalue weighted by Crippen LogP contribution is 2.25. The molecule has 0 saturated carbocycles. The Hall–Kier alpha value is -2.22. The zero-order chi connectivity index (χ0) is 16.4. The minimum absolute atomic E-state index is 0.0636. The van der Waals surface area contributed by atoms with Gasteiger partial charge in [0.05, 0.1) is 4.90 Å². The number of benzene rings is 2. The number of aryl methyl sites for hydroxylation is 1. The second-order valence-electron chi connectivity index (χ2n) is 4.49. The van der Waals surface area contributed by atoms with E-state index in [1.165, 1.54) is 24.3 Å². The SMILES string of the molecule is Cc1ccc(S(=O)(=O)Nc2ccc(OC(F)(F)F)cc2)cc1. The van der Waals surface area contributed by atoms with Crippen LogP contribution >= 0.6 is 0 Å². The van der Waals surface area contributed by atoms with Gasteiger partial charge in [0.1, 0.15) is 5.75 Å². The molecule has 0 aliphatic carbocycles. The van der Waals surface area contributed by atoms with Gasteiger partial charge in [0.25, 0.3) is 10.0 Å². The molecule has 0 heterocycles. The van der Waals surface area contributed by atoms with Gasteiger partial charge in [-0.15, -0.1) is 13.2 Å². The number of anilines is 1. The highest BCUT2D eigenvalue weighted by molar-refractivity contribution is 7.92. The fraction of sp³-hybridized carbons (Fsp3) is 0.143. The monoisotopic (exact) mass is 331 g/mol. The predicted octanol–water partition coefficient (Wildman–Crippen LogP) is 3.69. The molecular formula is C14H12F3NO3S. The summed E-state index contributed by atoms with van der Waals surface area (Å²) in [6.45, 7) is 1.82. The molecule has 0 aromatic heterocycles. The van der Waals surface area contributed by atoms with Crippen LogP contribution in [0, 0.1) is 6.92 Å². The molecule has 0 aliphatic heterocycles. The van der Waals surface area contributed by atoms with Crippen molar-refractivity contribution >= 4 is 15.7 Å². The fourth-order valence-corrected chi connectivity index (χ4v) is 2.71. The molecule has 0 radical (unpaired) electrons. The lowest BCUT2D eigenvalue weighted by molar-refractivity contribution is -0.274. The summed E-state index contributed by atoms with van der Waals surface area (Å²) in [7, 11) is -3.79. The maximum atomic E-state index is 12.1. The van der Waals surface area contributed by atoms with Crippen molar-refractivity contribution in [2.24, 2.45) is 0 Å². The lowest BCUT2D eigenvalue weighted by Crippen LogP contribution is -2.17. The van der Waals surface area contributed by atoms with Crippen molar-refractivity contribution in [2.45, 2.75) is 18.2 Å². The summed E-state index contributed by atoms with van der Waals surface area (Å²) in [5, 5.41) is 0. The van der Waals surface area contributed by atoms with E-state index in [1.807, 2.05) is 6.92 Å². The number of ether oxygens (including phenoxy) is 1. The number of alkyl halides is 3. The van der Waals surface area contributed by atoms with E-state index < -0.39 is 22.1 Å². The Morgan fingerprint density at radius 3 is 2.00 bits per heavy atom. The molecule has 2 aromatic rings. The highest BCUT2D eigenvalue weighted by atomic mass is 32.2. The van der Waals surface area contributed by atoms with Crippen molar-refractivity contribution in [2.75, 3.05) is 4.72 Å². The molecule has 2 rings (SSSR count). The molecule has 8 heteroatoms. The van der Waals surface area contributed by atoms with E-state index >= 15 is 0 Å². The van der Waals surface area contributed by atoms with Crippen LogP contribution in [0.2, 0.25) is 0 Å². The summed E-state index contributed by atoms with van der Waals surface area (Å²) in [6.07, 6.45) is -4.79. The van der Waals surface area contributed by atoms with Crippen LogP contribution in [0.15, 0.2) is 53.4 Å². The number of hydrogen-bond donors (Lipinski definition) is 1. The third-order valence-electron chi connectivity index (χ3n) is 2.67. The predicted molar refractivity (Wildman–Crippen MR) is 75.1 cm³/mol. The first-order valence-electron chi connectivity index (χ1n) is 6.11. The minimum atomic E-state index is -4.79. The standard InChI is InChI=1S/C14H12F3NO3S/c1-10-2-8-13(9-3-10)22(19,20)18-11-4-6-12(7-5-11)21-14(15,16)17/h2-9,18H,1H3. The van der Waals surface area contributed by atoms with Gasteiger partial charge in [0.2, 0.25) is 0 Å². The van der Waals surface area contributed by atoms with Crippen molar-refractivity contribution in [3.8, 4) is 5.75 Å². The van der Waals surface area contributed by atoms with Gasteiger partial charge in [-0.3, -0.25) is 4.72 Å². The van der Waals surface area contributed by atoms with Crippen LogP contribution < -0.4 is 9.46 Å². The minimum Gasteiger partial charge on any atom is -0.406 e. The van der Waals surface area contributed by atoms with Gasteiger partial charge >= 0.3 is 6.36 Å². The van der Waals surface area contributed by atoms with E-state index in [-0.39, 0.29) is 10.6 Å². The summed E-state index contributed by atoms with van der Waals surface area (Å²) in [4.78, 5) is 0.0636. The fourth-order valence-electron chi connectivity index (χ4n) is 1.66. The normalized spacial score (nSPS) is 12.0. The van der Waals surface area contributed by atoms with Crippen molar-refractivity contribution in [1.82, 2.24) is 0 Å². The molecule has 0 aliphatic rings. The van der Waals surface area contributed by atoms with E-state index in [2.05, 4.69) is 9.46 Å². The molecule has 22 heavy (non-hydrogen) atoms. The van der Waals surface area contributed by atoms with Crippen LogP contribution in [0.25, 0.3) is 0 Å². The largest absolute Gasteiger partial charge is 0.573 e. The van der Waals surface area contributed by atoms with E-state index in [4.69, 9.17) is 0 Å². The number of hydrogen-bond acceptors (Lipinski definition) is 3. The molecule has 0 fully saturated rings. The Morgan fingerprint density at radius 2 is 1.50 bits per heavy atom. The number of rotatable bonds is 4. The van der Waals surface area contributed by atoms with Gasteiger partial charge in [-0.25, -0.2) is 8.42 Å². The van der Waals surface area contributed by atoms with Crippen LogP contribution in [-0.4, -0.2) is 14.8 Å². The zero-order valence-electron chi connectivity index (χ0n) is 11.4. The van der Waals surface area contributed by atoms with E-state index in [9.17, 15) is 21.6 Å². The van der Waals surface area contributed by atoms with Gasteiger partial charge in [0, 0.05) is 5.69 Å². The summed E-state index contributed by atoms with van der Waals surface area (Å²) in [5.74, 6) is -0.425. The molecule has 118 valence electrons. The Kier molecular flexibility index (Phi) is 4.32. The first kappa shape index (κ1) is 16.2. The second-order valence-corrected chi connectivity index (χ2v) is 6.17. The first-order chi connectivity index (χ1) is 10.2. The molecule has 0 spiro atoms. The van der Waals surface area contributed by atoms with Gasteiger partial charge in [-0.05, 0) is 43.3 Å². The third kappa shape index (κ3) is 4.39. The van der Waals surface area contributed by atoms with Crippen LogP contribution in [-0.2, 0) is 10.0 Å². The molecule has 0 bridgehead atoms. The van der Waals surface area contributed by atoms with E-state index in [0.29, 0.717) is 0 Å². The maximum absolute atomic E-state index is 12.1. The summed E-state index contributed by atoms with van der Waals surface area (Å²) < 4.78 is 66.3. The van der Waals surface area contributed by atoms with Crippen molar-refractivity contribution in [1.29, 1.82) is 0 Å². The Balaban J connectivity index is 2.14. The smallest absolute Gasteiger partial charge is 0.406 e. The summed E-state index contributed by atoms with van der Waals surface area (Å²) >= 11 is 0. The highest BCUT2D eigenvalue weighted by Gasteiger charge is 2.31. The van der Waals surface area contributed by atoms with Gasteiger partial charge in [-0.1, -0.05) is 17.7 Å². The van der Waals surface area contributed by atoms with Gasteiger partial charge < -0.3 is 4.74 Å². The summed E-state index contributed by atoms with van der Waals surface area (Å²) in [6, 6.07) is 10.6. The number of sulfonamides is 1. The molecular weight excluding hydrogens is 319 g/mol. The average molecular weight is 331 g/mol. The maximum Gasteiger partial charge on any atom is 0.573 e. The molecule has 1 N–H and O–H groups in total. The molecule has 0 atom stereocenters. The lowest BCUT2D eigenvalue weighted by atomic mass is 10.2. The Bertz CT molecular complexity index is 738. The van der Waals surface area contributed by atoms with Crippen LogP contribution in [0.4, 0.5) is 18.9 Å². The molecule has 4 nitrogen and oxygen atoms in total. The molecule has 0 unspecified atom stereocenters. The number of halogens is 3. The van der Waals surface area contributed by atoms with Crippen molar-refractivity contribution in [3.63, 3.8) is 0 Å². The lowest BCUT2D eigenvalue weighted by Gasteiger charge is -2.11. The van der Waals surface area contributed by atoms with E-state index in [1.54, 1.807) is 12.1 Å². The van der Waals surface area contributed by atoms with Crippen LogP contribution in [0.3, 0.4) is 0 Å². The molecule has 0 saturated heterocycles. The zero-order valence-corrected chi connectivity index (χ0v) is 12.2. The van der Waals surface area contributed by atoms with Crippen LogP contribution in [0.5, 0.6) is 5.75 Å². The molecule has 0 amide bonds. The van der Waals surface area contributed by atoms with Crippen molar-refractivity contribution < 1.29 is 26.3 Å². The second kappa shape index (κ2) is 5.88. The molecule has 2 aromatic carbocycles. The average Bonchev–Trinajstić information content (AvgIpc) is 2.39. The quantitative estimate of drug-likeness (QED) is 0.929. The Morgan fingerprint density at radius 1 is 0.955 bits per heavy atom. The Labute approximate surface area is 125 Å². The third-order valence-corrected chi connectivity index (χ3v) is 4.07. The van der Waals surface area contributed by atoms with Gasteiger partial charge in [-0.2, -0.15) is 0 Å².